The number of nitrogens with one attached hydrogen (secondary N) is 1. The van der Waals surface area contributed by atoms with Crippen LogP contribution in [0.3, 0.4) is 0 Å². The molecule has 2 heterocycles. The molecule has 2 aromatic rings. The molecule has 0 radical (unpaired) electrons. The summed E-state index contributed by atoms with van der Waals surface area (Å²) in [6, 6.07) is 1.51. The fourth-order valence-corrected chi connectivity index (χ4v) is 2.78. The van der Waals surface area contributed by atoms with Crippen LogP contribution in [0.15, 0.2) is 10.6 Å². The third-order valence-electron chi connectivity index (χ3n) is 4.05. The van der Waals surface area contributed by atoms with Gasteiger partial charge in [0, 0.05) is 6.04 Å². The second-order valence-corrected chi connectivity index (χ2v) is 5.88. The lowest BCUT2D eigenvalue weighted by Gasteiger charge is -2.21. The van der Waals surface area contributed by atoms with Crippen LogP contribution >= 0.6 is 0 Å². The molecule has 0 aromatic carbocycles. The molecule has 0 unspecified atom stereocenters. The number of carbonyl (C=O) groups excluding carboxylic acids is 1. The molecule has 1 aliphatic carbocycles. The van der Waals surface area contributed by atoms with Crippen LogP contribution in [-0.2, 0) is 6.54 Å². The van der Waals surface area contributed by atoms with Crippen molar-refractivity contribution in [2.45, 2.75) is 51.6 Å². The summed E-state index contributed by atoms with van der Waals surface area (Å²) in [6.45, 7) is 1.79. The van der Waals surface area contributed by atoms with E-state index in [1.54, 1.807) is 6.92 Å². The Balaban J connectivity index is 1.64. The standard InChI is InChI=1S/C14H18N6O4/c1-9-7-12(20(22)23)17-19(9)8-11-16-14(24-18-11)13(21)15-10-5-3-2-4-6-10/h7,10H,2-6,8H2,1H3,(H,15,21). The quantitative estimate of drug-likeness (QED) is 0.649. The van der Waals surface area contributed by atoms with Crippen molar-refractivity contribution in [3.63, 3.8) is 0 Å². The van der Waals surface area contributed by atoms with E-state index in [2.05, 4.69) is 20.6 Å². The predicted molar refractivity (Wildman–Crippen MR) is 81.4 cm³/mol. The number of aryl methyl sites for hydroxylation is 1. The minimum absolute atomic E-state index is 0.0971. The Bertz CT molecular complexity index is 746. The summed E-state index contributed by atoms with van der Waals surface area (Å²) >= 11 is 0. The van der Waals surface area contributed by atoms with E-state index < -0.39 is 4.92 Å². The van der Waals surface area contributed by atoms with Crippen LogP contribution in [0.4, 0.5) is 5.82 Å². The summed E-state index contributed by atoms with van der Waals surface area (Å²) in [5, 5.41) is 21.2. The van der Waals surface area contributed by atoms with Crippen molar-refractivity contribution in [3.05, 3.63) is 33.6 Å². The zero-order valence-corrected chi connectivity index (χ0v) is 13.3. The van der Waals surface area contributed by atoms with Gasteiger partial charge in [-0.3, -0.25) is 4.79 Å². The summed E-state index contributed by atoms with van der Waals surface area (Å²) in [4.78, 5) is 26.3. The highest BCUT2D eigenvalue weighted by atomic mass is 16.6. The molecule has 0 bridgehead atoms. The number of carbonyl (C=O) groups is 1. The van der Waals surface area contributed by atoms with E-state index in [9.17, 15) is 14.9 Å². The van der Waals surface area contributed by atoms with Crippen molar-refractivity contribution in [3.8, 4) is 0 Å². The first kappa shape index (κ1) is 16.1. The lowest BCUT2D eigenvalue weighted by molar-refractivity contribution is -0.389. The van der Waals surface area contributed by atoms with E-state index in [4.69, 9.17) is 4.52 Å². The van der Waals surface area contributed by atoms with E-state index >= 15 is 0 Å². The van der Waals surface area contributed by atoms with Gasteiger partial charge in [0.05, 0.1) is 16.9 Å². The number of aromatic nitrogens is 4. The molecule has 2 aromatic heterocycles. The molecule has 0 spiro atoms. The first-order valence-corrected chi connectivity index (χ1v) is 7.85. The van der Waals surface area contributed by atoms with Crippen molar-refractivity contribution in [1.82, 2.24) is 25.2 Å². The number of hydrogen-bond donors (Lipinski definition) is 1. The fourth-order valence-electron chi connectivity index (χ4n) is 2.78. The highest BCUT2D eigenvalue weighted by molar-refractivity contribution is 5.89. The summed E-state index contributed by atoms with van der Waals surface area (Å²) in [5.41, 5.74) is 0.597. The van der Waals surface area contributed by atoms with Crippen molar-refractivity contribution in [2.24, 2.45) is 0 Å². The Kier molecular flexibility index (Phi) is 4.54. The smallest absolute Gasteiger partial charge is 0.358 e. The highest BCUT2D eigenvalue weighted by Crippen LogP contribution is 2.18. The van der Waals surface area contributed by atoms with Crippen molar-refractivity contribution < 1.29 is 14.2 Å². The largest absolute Gasteiger partial charge is 0.390 e. The first-order valence-electron chi connectivity index (χ1n) is 7.85. The summed E-state index contributed by atoms with van der Waals surface area (Å²) in [5.74, 6) is -0.491. The van der Waals surface area contributed by atoms with Gasteiger partial charge in [-0.05, 0) is 24.7 Å². The summed E-state index contributed by atoms with van der Waals surface area (Å²) < 4.78 is 6.38. The van der Waals surface area contributed by atoms with E-state index in [-0.39, 0.29) is 36.0 Å². The van der Waals surface area contributed by atoms with Crippen LogP contribution in [-0.4, -0.2) is 36.8 Å². The number of nitro groups is 1. The third-order valence-corrected chi connectivity index (χ3v) is 4.05. The van der Waals surface area contributed by atoms with E-state index in [1.165, 1.54) is 17.2 Å². The van der Waals surface area contributed by atoms with Gasteiger partial charge in [-0.15, -0.1) is 0 Å². The van der Waals surface area contributed by atoms with Crippen LogP contribution in [0.5, 0.6) is 0 Å². The fraction of sp³-hybridized carbons (Fsp3) is 0.571. The summed E-state index contributed by atoms with van der Waals surface area (Å²) in [6.07, 6.45) is 5.34. The molecule has 10 heteroatoms. The van der Waals surface area contributed by atoms with Gasteiger partial charge < -0.3 is 20.0 Å². The molecule has 0 aliphatic heterocycles. The van der Waals surface area contributed by atoms with Crippen LogP contribution in [0, 0.1) is 17.0 Å². The third kappa shape index (κ3) is 3.58. The Labute approximate surface area is 137 Å². The maximum absolute atomic E-state index is 12.1. The van der Waals surface area contributed by atoms with Crippen LogP contribution < -0.4 is 5.32 Å². The van der Waals surface area contributed by atoms with E-state index in [0.717, 1.165) is 25.7 Å². The minimum Gasteiger partial charge on any atom is -0.358 e. The lowest BCUT2D eigenvalue weighted by Crippen LogP contribution is -2.36. The molecule has 1 fully saturated rings. The second kappa shape index (κ2) is 6.77. The van der Waals surface area contributed by atoms with Gasteiger partial charge in [-0.1, -0.05) is 24.4 Å². The molecule has 3 rings (SSSR count). The zero-order valence-electron chi connectivity index (χ0n) is 13.3. The molecule has 0 atom stereocenters. The van der Waals surface area contributed by atoms with Gasteiger partial charge >= 0.3 is 17.6 Å². The highest BCUT2D eigenvalue weighted by Gasteiger charge is 2.22. The lowest BCUT2D eigenvalue weighted by atomic mass is 9.95. The number of nitrogens with zero attached hydrogens (tertiary/aromatic N) is 5. The van der Waals surface area contributed by atoms with Crippen LogP contribution in [0.2, 0.25) is 0 Å². The minimum atomic E-state index is -0.567. The number of rotatable bonds is 5. The predicted octanol–water partition coefficient (Wildman–Crippen LogP) is 1.59. The normalized spacial score (nSPS) is 15.4. The Morgan fingerprint density at radius 3 is 2.88 bits per heavy atom. The van der Waals surface area contributed by atoms with Gasteiger partial charge in [0.15, 0.2) is 5.82 Å². The van der Waals surface area contributed by atoms with E-state index in [0.29, 0.717) is 5.69 Å². The number of hydrogen-bond acceptors (Lipinski definition) is 7. The zero-order chi connectivity index (χ0) is 17.1. The average Bonchev–Trinajstić information content (AvgIpc) is 3.16. The van der Waals surface area contributed by atoms with Crippen molar-refractivity contribution in [2.75, 3.05) is 0 Å². The topological polar surface area (TPSA) is 129 Å². The maximum Gasteiger partial charge on any atom is 0.390 e. The van der Waals surface area contributed by atoms with Gasteiger partial charge in [0.2, 0.25) is 0 Å². The molecule has 1 saturated carbocycles. The Morgan fingerprint density at radius 1 is 1.46 bits per heavy atom. The van der Waals surface area contributed by atoms with Gasteiger partial charge in [0.1, 0.15) is 6.54 Å². The molecular formula is C14H18N6O4. The number of amides is 1. The van der Waals surface area contributed by atoms with Gasteiger partial charge in [-0.25, -0.2) is 0 Å². The molecule has 1 amide bonds. The molecule has 24 heavy (non-hydrogen) atoms. The summed E-state index contributed by atoms with van der Waals surface area (Å²) in [7, 11) is 0. The van der Waals surface area contributed by atoms with Crippen molar-refractivity contribution >= 4 is 11.7 Å². The van der Waals surface area contributed by atoms with Crippen LogP contribution in [0.1, 0.15) is 54.3 Å². The molecular weight excluding hydrogens is 316 g/mol. The Hall–Kier alpha value is -2.78. The molecule has 0 saturated heterocycles. The SMILES string of the molecule is Cc1cc([N+](=O)[O-])nn1Cc1noc(C(=O)NC2CCCCC2)n1. The molecule has 1 aliphatic rings. The average molecular weight is 334 g/mol. The monoisotopic (exact) mass is 334 g/mol. The first-order chi connectivity index (χ1) is 11.5. The van der Waals surface area contributed by atoms with Gasteiger partial charge in [-0.2, -0.15) is 9.67 Å². The molecule has 1 N–H and O–H groups in total. The maximum atomic E-state index is 12.1. The van der Waals surface area contributed by atoms with Crippen molar-refractivity contribution in [1.29, 1.82) is 0 Å². The Morgan fingerprint density at radius 2 is 2.21 bits per heavy atom. The van der Waals surface area contributed by atoms with Gasteiger partial charge in [0.25, 0.3) is 0 Å². The molecule has 10 nitrogen and oxygen atoms in total. The second-order valence-electron chi connectivity index (χ2n) is 5.88. The van der Waals surface area contributed by atoms with Crippen LogP contribution in [0.25, 0.3) is 0 Å². The molecule has 128 valence electrons. The van der Waals surface area contributed by atoms with E-state index in [1.807, 2.05) is 0 Å².